The molecule has 4 rings (SSSR count). The third-order valence-electron chi connectivity index (χ3n) is 4.18. The fourth-order valence-electron chi connectivity index (χ4n) is 2.89. The van der Waals surface area contributed by atoms with Crippen molar-refractivity contribution < 1.29 is 14.3 Å². The third kappa shape index (κ3) is 4.20. The van der Waals surface area contributed by atoms with Gasteiger partial charge in [0.15, 0.2) is 11.5 Å². The highest BCUT2D eigenvalue weighted by Gasteiger charge is 2.14. The van der Waals surface area contributed by atoms with Crippen LogP contribution in [0.15, 0.2) is 54.6 Å². The molecule has 0 radical (unpaired) electrons. The van der Waals surface area contributed by atoms with Crippen molar-refractivity contribution >= 4 is 17.4 Å². The number of hydrogen-bond acceptors (Lipinski definition) is 6. The maximum Gasteiger partial charge on any atom is 0.270 e. The lowest BCUT2D eigenvalue weighted by Crippen LogP contribution is -2.24. The smallest absolute Gasteiger partial charge is 0.270 e. The molecule has 2 heterocycles. The van der Waals surface area contributed by atoms with Crippen LogP contribution in [0.5, 0.6) is 11.5 Å². The summed E-state index contributed by atoms with van der Waals surface area (Å²) in [6.07, 6.45) is 0. The topological polar surface area (TPSA) is 85.4 Å². The first kappa shape index (κ1) is 17.8. The number of carbonyl (C=O) groups is 1. The van der Waals surface area contributed by atoms with Crippen LogP contribution in [-0.4, -0.2) is 29.1 Å². The van der Waals surface area contributed by atoms with Crippen LogP contribution >= 0.6 is 0 Å². The van der Waals surface area contributed by atoms with Crippen LogP contribution in [0, 0.1) is 6.92 Å². The van der Waals surface area contributed by atoms with Crippen LogP contribution < -0.4 is 20.1 Å². The highest BCUT2D eigenvalue weighted by Crippen LogP contribution is 2.33. The maximum absolute atomic E-state index is 12.5. The van der Waals surface area contributed by atoms with Gasteiger partial charge >= 0.3 is 0 Å². The van der Waals surface area contributed by atoms with Gasteiger partial charge < -0.3 is 20.1 Å². The summed E-state index contributed by atoms with van der Waals surface area (Å²) in [4.78, 5) is 21.1. The molecular weight excluding hydrogens is 356 g/mol. The molecule has 28 heavy (non-hydrogen) atoms. The predicted octanol–water partition coefficient (Wildman–Crippen LogP) is 3.23. The van der Waals surface area contributed by atoms with Crippen molar-refractivity contribution in [3.63, 3.8) is 0 Å². The summed E-state index contributed by atoms with van der Waals surface area (Å²) in [5.41, 5.74) is 2.12. The molecule has 1 aromatic heterocycles. The molecule has 1 aliphatic rings. The van der Waals surface area contributed by atoms with Crippen LogP contribution in [0.4, 0.5) is 11.5 Å². The van der Waals surface area contributed by atoms with E-state index in [1.165, 1.54) is 0 Å². The lowest BCUT2D eigenvalue weighted by molar-refractivity contribution is 0.0945. The summed E-state index contributed by atoms with van der Waals surface area (Å²) in [5.74, 6) is 2.19. The highest BCUT2D eigenvalue weighted by molar-refractivity contribution is 5.93. The average Bonchev–Trinajstić information content (AvgIpc) is 2.72. The van der Waals surface area contributed by atoms with E-state index in [0.717, 1.165) is 17.0 Å². The first-order chi connectivity index (χ1) is 13.7. The summed E-state index contributed by atoms with van der Waals surface area (Å²) in [6.45, 7) is 3.26. The van der Waals surface area contributed by atoms with Crippen molar-refractivity contribution in [1.29, 1.82) is 0 Å². The van der Waals surface area contributed by atoms with Gasteiger partial charge in [-0.3, -0.25) is 4.79 Å². The van der Waals surface area contributed by atoms with Crippen molar-refractivity contribution in [2.45, 2.75) is 13.5 Å². The quantitative estimate of drug-likeness (QED) is 0.711. The molecule has 0 fully saturated rings. The molecule has 0 unspecified atom stereocenters. The van der Waals surface area contributed by atoms with E-state index in [9.17, 15) is 4.79 Å². The van der Waals surface area contributed by atoms with Gasteiger partial charge in [-0.15, -0.1) is 0 Å². The molecule has 142 valence electrons. The number of benzene rings is 2. The molecule has 3 aromatic rings. The SMILES string of the molecule is Cc1nc(Nc2ccc3c(c2)OCCO3)cc(C(=O)NCc2ccccc2)n1. The first-order valence-electron chi connectivity index (χ1n) is 9.02. The van der Waals surface area contributed by atoms with Crippen LogP contribution in [0.3, 0.4) is 0 Å². The van der Waals surface area contributed by atoms with Crippen molar-refractivity contribution in [1.82, 2.24) is 15.3 Å². The summed E-state index contributed by atoms with van der Waals surface area (Å²) in [7, 11) is 0. The van der Waals surface area contributed by atoms with Gasteiger partial charge in [0.2, 0.25) is 0 Å². The van der Waals surface area contributed by atoms with Crippen LogP contribution in [-0.2, 0) is 6.54 Å². The molecule has 1 aliphatic heterocycles. The fourth-order valence-corrected chi connectivity index (χ4v) is 2.89. The predicted molar refractivity (Wildman–Crippen MR) is 105 cm³/mol. The Hall–Kier alpha value is -3.61. The van der Waals surface area contributed by atoms with Crippen molar-refractivity contribution in [3.8, 4) is 11.5 Å². The summed E-state index contributed by atoms with van der Waals surface area (Å²) < 4.78 is 11.1. The molecular formula is C21H20N4O3. The molecule has 2 aromatic carbocycles. The standard InChI is InChI=1S/C21H20N4O3/c1-14-23-17(21(26)22-13-15-5-3-2-4-6-15)12-20(24-14)25-16-7-8-18-19(11-16)28-10-9-27-18/h2-8,11-12H,9-10,13H2,1H3,(H,22,26)(H,23,24,25). The number of aryl methyl sites for hydroxylation is 1. The van der Waals surface area contributed by atoms with Crippen LogP contribution in [0.2, 0.25) is 0 Å². The number of aromatic nitrogens is 2. The number of nitrogens with one attached hydrogen (secondary N) is 2. The Labute approximate surface area is 162 Å². The van der Waals surface area contributed by atoms with Gasteiger partial charge in [-0.1, -0.05) is 30.3 Å². The Balaban J connectivity index is 1.48. The zero-order chi connectivity index (χ0) is 19.3. The second kappa shape index (κ2) is 7.96. The summed E-state index contributed by atoms with van der Waals surface area (Å²) in [6, 6.07) is 16.9. The third-order valence-corrected chi connectivity index (χ3v) is 4.18. The van der Waals surface area contributed by atoms with E-state index >= 15 is 0 Å². The van der Waals surface area contributed by atoms with Gasteiger partial charge in [0.1, 0.15) is 30.5 Å². The lowest BCUT2D eigenvalue weighted by atomic mass is 10.2. The van der Waals surface area contributed by atoms with Gasteiger partial charge in [0.25, 0.3) is 5.91 Å². The Morgan fingerprint density at radius 2 is 1.79 bits per heavy atom. The minimum Gasteiger partial charge on any atom is -0.486 e. The Morgan fingerprint density at radius 1 is 1.00 bits per heavy atom. The number of hydrogen-bond donors (Lipinski definition) is 2. The van der Waals surface area contributed by atoms with E-state index < -0.39 is 0 Å². The van der Waals surface area contributed by atoms with Gasteiger partial charge in [0.05, 0.1) is 0 Å². The number of anilines is 2. The zero-order valence-corrected chi connectivity index (χ0v) is 15.4. The number of nitrogens with zero attached hydrogens (tertiary/aromatic N) is 2. The largest absolute Gasteiger partial charge is 0.486 e. The fraction of sp³-hybridized carbons (Fsp3) is 0.190. The highest BCUT2D eigenvalue weighted by atomic mass is 16.6. The van der Waals surface area contributed by atoms with E-state index in [-0.39, 0.29) is 5.91 Å². The van der Waals surface area contributed by atoms with E-state index in [1.54, 1.807) is 13.0 Å². The monoisotopic (exact) mass is 376 g/mol. The van der Waals surface area contributed by atoms with Crippen molar-refractivity contribution in [2.24, 2.45) is 0 Å². The van der Waals surface area contributed by atoms with Crippen molar-refractivity contribution in [2.75, 3.05) is 18.5 Å². The minimum atomic E-state index is -0.250. The van der Waals surface area contributed by atoms with Crippen LogP contribution in [0.25, 0.3) is 0 Å². The lowest BCUT2D eigenvalue weighted by Gasteiger charge is -2.19. The first-order valence-corrected chi connectivity index (χ1v) is 9.02. The molecule has 2 N–H and O–H groups in total. The Bertz CT molecular complexity index is 992. The van der Waals surface area contributed by atoms with Crippen molar-refractivity contribution in [3.05, 3.63) is 71.7 Å². The molecule has 0 bridgehead atoms. The average molecular weight is 376 g/mol. The minimum absolute atomic E-state index is 0.250. The Kier molecular flexibility index (Phi) is 5.05. The maximum atomic E-state index is 12.5. The molecule has 0 saturated heterocycles. The molecule has 1 amide bonds. The number of fused-ring (bicyclic) bond motifs is 1. The number of amides is 1. The van der Waals surface area contributed by atoms with E-state index in [2.05, 4.69) is 20.6 Å². The van der Waals surface area contributed by atoms with Gasteiger partial charge in [-0.25, -0.2) is 9.97 Å². The molecule has 0 aliphatic carbocycles. The van der Waals surface area contributed by atoms with E-state index in [1.807, 2.05) is 48.5 Å². The number of rotatable bonds is 5. The number of carbonyl (C=O) groups excluding carboxylic acids is 1. The molecule has 7 heteroatoms. The van der Waals surface area contributed by atoms with E-state index in [4.69, 9.17) is 9.47 Å². The normalized spacial score (nSPS) is 12.3. The van der Waals surface area contributed by atoms with Gasteiger partial charge in [-0.05, 0) is 24.6 Å². The molecule has 0 atom stereocenters. The molecule has 0 saturated carbocycles. The van der Waals surface area contributed by atoms with Crippen LogP contribution in [0.1, 0.15) is 21.9 Å². The Morgan fingerprint density at radius 3 is 2.61 bits per heavy atom. The van der Waals surface area contributed by atoms with E-state index in [0.29, 0.717) is 42.8 Å². The number of ether oxygens (including phenoxy) is 2. The zero-order valence-electron chi connectivity index (χ0n) is 15.4. The molecule has 0 spiro atoms. The van der Waals surface area contributed by atoms with Gasteiger partial charge in [-0.2, -0.15) is 0 Å². The summed E-state index contributed by atoms with van der Waals surface area (Å²) in [5, 5.41) is 6.08. The second-order valence-corrected chi connectivity index (χ2v) is 6.34. The van der Waals surface area contributed by atoms with Gasteiger partial charge in [0, 0.05) is 24.4 Å². The molecule has 7 nitrogen and oxygen atoms in total. The summed E-state index contributed by atoms with van der Waals surface area (Å²) >= 11 is 0. The second-order valence-electron chi connectivity index (χ2n) is 6.34.